The van der Waals surface area contributed by atoms with Crippen molar-refractivity contribution in [3.63, 3.8) is 0 Å². The number of para-hydroxylation sites is 1. The van der Waals surface area contributed by atoms with Gasteiger partial charge in [0.2, 0.25) is 21.8 Å². The van der Waals surface area contributed by atoms with Crippen LogP contribution in [0.15, 0.2) is 78.9 Å². The van der Waals surface area contributed by atoms with Gasteiger partial charge in [-0.15, -0.1) is 0 Å². The number of halogens is 2. The number of hydrogen-bond donors (Lipinski definition) is 1. The van der Waals surface area contributed by atoms with Crippen LogP contribution in [-0.2, 0) is 32.6 Å². The highest BCUT2D eigenvalue weighted by atomic mass is 35.5. The molecule has 0 aliphatic rings. The van der Waals surface area contributed by atoms with Crippen LogP contribution in [0.1, 0.15) is 24.5 Å². The molecule has 0 unspecified atom stereocenters. The molecule has 3 rings (SSSR count). The molecule has 1 N–H and O–H groups in total. The topological polar surface area (TPSA) is 86.8 Å². The average Bonchev–Trinajstić information content (AvgIpc) is 2.88. The van der Waals surface area contributed by atoms with Gasteiger partial charge >= 0.3 is 0 Å². The van der Waals surface area contributed by atoms with Gasteiger partial charge in [-0.1, -0.05) is 73.1 Å². The molecule has 0 saturated carbocycles. The van der Waals surface area contributed by atoms with Gasteiger partial charge in [-0.2, -0.15) is 0 Å². The van der Waals surface area contributed by atoms with Crippen molar-refractivity contribution in [1.29, 1.82) is 0 Å². The number of rotatable bonds is 12. The third-order valence-corrected chi connectivity index (χ3v) is 7.22. The maximum Gasteiger partial charge on any atom is 0.244 e. The molecule has 10 heteroatoms. The average molecular weight is 560 g/mol. The Morgan fingerprint density at radius 1 is 0.974 bits per heavy atom. The summed E-state index contributed by atoms with van der Waals surface area (Å²) in [6, 6.07) is 20.5. The minimum atomic E-state index is -4.04. The molecule has 0 fully saturated rings. The van der Waals surface area contributed by atoms with Crippen LogP contribution < -0.4 is 9.62 Å². The fraction of sp³-hybridized carbons (Fsp3) is 0.286. The molecule has 2 amide bonds. The van der Waals surface area contributed by atoms with E-state index in [0.29, 0.717) is 23.6 Å². The normalized spacial score (nSPS) is 12.0. The predicted molar refractivity (Wildman–Crippen MR) is 148 cm³/mol. The molecule has 7 nitrogen and oxygen atoms in total. The van der Waals surface area contributed by atoms with Crippen molar-refractivity contribution in [2.75, 3.05) is 23.7 Å². The number of benzene rings is 3. The number of nitrogens with zero attached hydrogens (tertiary/aromatic N) is 2. The van der Waals surface area contributed by atoms with Crippen LogP contribution >= 0.6 is 11.6 Å². The Balaban J connectivity index is 2.05. The molecule has 0 radical (unpaired) electrons. The Labute approximate surface area is 228 Å². The zero-order valence-electron chi connectivity index (χ0n) is 21.3. The maximum atomic E-state index is 14.6. The highest BCUT2D eigenvalue weighted by Gasteiger charge is 2.33. The first-order valence-corrected chi connectivity index (χ1v) is 14.4. The molecule has 0 aliphatic carbocycles. The van der Waals surface area contributed by atoms with Gasteiger partial charge in [0, 0.05) is 24.5 Å². The Bertz CT molecular complexity index is 1350. The molecule has 1 atom stereocenters. The van der Waals surface area contributed by atoms with Gasteiger partial charge in [-0.3, -0.25) is 13.9 Å². The van der Waals surface area contributed by atoms with Crippen molar-refractivity contribution in [3.8, 4) is 0 Å². The van der Waals surface area contributed by atoms with Gasteiger partial charge in [0.05, 0.1) is 11.9 Å². The quantitative estimate of drug-likeness (QED) is 0.356. The van der Waals surface area contributed by atoms with E-state index in [2.05, 4.69) is 5.32 Å². The summed E-state index contributed by atoms with van der Waals surface area (Å²) in [5.74, 6) is -1.82. The molecule has 0 spiro atoms. The number of anilines is 1. The Morgan fingerprint density at radius 2 is 1.63 bits per heavy atom. The van der Waals surface area contributed by atoms with E-state index in [4.69, 9.17) is 11.6 Å². The summed E-state index contributed by atoms with van der Waals surface area (Å²) in [5.41, 5.74) is 1.23. The highest BCUT2D eigenvalue weighted by molar-refractivity contribution is 7.92. The minimum absolute atomic E-state index is 0.00862. The maximum absolute atomic E-state index is 14.6. The lowest BCUT2D eigenvalue weighted by Gasteiger charge is -2.33. The molecule has 0 heterocycles. The highest BCUT2D eigenvalue weighted by Crippen LogP contribution is 2.23. The van der Waals surface area contributed by atoms with Gasteiger partial charge in [-0.25, -0.2) is 12.8 Å². The van der Waals surface area contributed by atoms with Crippen molar-refractivity contribution < 1.29 is 22.4 Å². The van der Waals surface area contributed by atoms with Gasteiger partial charge < -0.3 is 10.2 Å². The fourth-order valence-corrected chi connectivity index (χ4v) is 5.06. The van der Waals surface area contributed by atoms with E-state index in [9.17, 15) is 22.4 Å². The first-order chi connectivity index (χ1) is 18.1. The summed E-state index contributed by atoms with van der Waals surface area (Å²) >= 11 is 6.18. The largest absolute Gasteiger partial charge is 0.354 e. The number of hydrogen-bond acceptors (Lipinski definition) is 4. The van der Waals surface area contributed by atoms with Crippen molar-refractivity contribution in [2.24, 2.45) is 0 Å². The monoisotopic (exact) mass is 559 g/mol. The van der Waals surface area contributed by atoms with Gasteiger partial charge in [-0.05, 0) is 41.8 Å². The molecule has 0 bridgehead atoms. The molecule has 38 heavy (non-hydrogen) atoms. The zero-order chi connectivity index (χ0) is 27.7. The molecule has 202 valence electrons. The molecule has 0 aliphatic heterocycles. The van der Waals surface area contributed by atoms with E-state index in [1.807, 2.05) is 37.3 Å². The van der Waals surface area contributed by atoms with E-state index in [1.165, 1.54) is 23.1 Å². The number of nitrogens with one attached hydrogen (secondary N) is 1. The van der Waals surface area contributed by atoms with Crippen LogP contribution in [-0.4, -0.2) is 50.5 Å². The van der Waals surface area contributed by atoms with E-state index < -0.39 is 34.3 Å². The third kappa shape index (κ3) is 8.03. The summed E-state index contributed by atoms with van der Waals surface area (Å²) in [6.07, 6.45) is 1.80. The van der Waals surface area contributed by atoms with Gasteiger partial charge in [0.1, 0.15) is 18.4 Å². The molecular formula is C28H31ClFN3O4S. The minimum Gasteiger partial charge on any atom is -0.354 e. The second-order valence-corrected chi connectivity index (χ2v) is 11.2. The van der Waals surface area contributed by atoms with E-state index in [-0.39, 0.29) is 24.6 Å². The predicted octanol–water partition coefficient (Wildman–Crippen LogP) is 4.41. The molecule has 3 aromatic carbocycles. The number of carbonyl (C=O) groups is 2. The van der Waals surface area contributed by atoms with Crippen molar-refractivity contribution in [3.05, 3.63) is 101 Å². The molecule has 0 saturated heterocycles. The lowest BCUT2D eigenvalue weighted by molar-refractivity contribution is -0.140. The Hall–Kier alpha value is -3.43. The third-order valence-electron chi connectivity index (χ3n) is 5.86. The summed E-state index contributed by atoms with van der Waals surface area (Å²) in [4.78, 5) is 28.6. The summed E-state index contributed by atoms with van der Waals surface area (Å²) < 4.78 is 40.7. The van der Waals surface area contributed by atoms with E-state index in [1.54, 1.807) is 24.3 Å². The van der Waals surface area contributed by atoms with Crippen molar-refractivity contribution >= 4 is 39.1 Å². The molecule has 3 aromatic rings. The van der Waals surface area contributed by atoms with Crippen molar-refractivity contribution in [1.82, 2.24) is 10.2 Å². The smallest absolute Gasteiger partial charge is 0.244 e. The van der Waals surface area contributed by atoms with Crippen molar-refractivity contribution in [2.45, 2.75) is 32.4 Å². The van der Waals surface area contributed by atoms with Gasteiger partial charge in [0.15, 0.2) is 0 Å². The number of carbonyl (C=O) groups excluding carboxylic acids is 2. The number of amides is 2. The lowest BCUT2D eigenvalue weighted by Crippen LogP contribution is -2.53. The molecule has 0 aromatic heterocycles. The van der Waals surface area contributed by atoms with E-state index in [0.717, 1.165) is 22.2 Å². The van der Waals surface area contributed by atoms with Crippen LogP contribution in [0.2, 0.25) is 5.02 Å². The Morgan fingerprint density at radius 3 is 2.26 bits per heavy atom. The van der Waals surface area contributed by atoms with Crippen LogP contribution in [0.25, 0.3) is 0 Å². The second-order valence-electron chi connectivity index (χ2n) is 8.87. The Kier molecular flexibility index (Phi) is 10.3. The van der Waals surface area contributed by atoms with Crippen LogP contribution in [0.3, 0.4) is 0 Å². The standard InChI is InChI=1S/C28H31ClFN3O4S/c1-3-16-31-28(35)26(18-21-10-5-4-6-11-21)32(19-22-12-9-13-23(29)17-22)27(34)20-33(38(2,36)37)25-15-8-7-14-24(25)30/h4-15,17,26H,3,16,18-20H2,1-2H3,(H,31,35)/t26-/m1/s1. The SMILES string of the molecule is CCCNC(=O)[C@@H](Cc1ccccc1)N(Cc1cccc(Cl)c1)C(=O)CN(c1ccccc1F)S(C)(=O)=O. The molecular weight excluding hydrogens is 529 g/mol. The van der Waals surface area contributed by atoms with Crippen LogP contribution in [0.4, 0.5) is 10.1 Å². The lowest BCUT2D eigenvalue weighted by atomic mass is 10.0. The first kappa shape index (κ1) is 29.1. The number of sulfonamides is 1. The van der Waals surface area contributed by atoms with Gasteiger partial charge in [0.25, 0.3) is 0 Å². The summed E-state index contributed by atoms with van der Waals surface area (Å²) in [7, 11) is -4.04. The zero-order valence-corrected chi connectivity index (χ0v) is 22.9. The van der Waals surface area contributed by atoms with Crippen LogP contribution in [0, 0.1) is 5.82 Å². The second kappa shape index (κ2) is 13.4. The van der Waals surface area contributed by atoms with Crippen LogP contribution in [0.5, 0.6) is 0 Å². The first-order valence-electron chi connectivity index (χ1n) is 12.2. The summed E-state index contributed by atoms with van der Waals surface area (Å²) in [5, 5.41) is 3.31. The fourth-order valence-electron chi connectivity index (χ4n) is 4.00. The summed E-state index contributed by atoms with van der Waals surface area (Å²) in [6.45, 7) is 1.63. The van der Waals surface area contributed by atoms with E-state index >= 15 is 0 Å².